The van der Waals surface area contributed by atoms with Gasteiger partial charge in [-0.2, -0.15) is 11.3 Å². The molecule has 0 spiro atoms. The quantitative estimate of drug-likeness (QED) is 0.740. The smallest absolute Gasteiger partial charge is 0.252 e. The molecule has 2 amide bonds. The first kappa shape index (κ1) is 16.9. The summed E-state index contributed by atoms with van der Waals surface area (Å²) in [7, 11) is 0. The molecule has 3 aromatic rings. The van der Waals surface area contributed by atoms with E-state index in [4.69, 9.17) is 0 Å². The van der Waals surface area contributed by atoms with Crippen LogP contribution in [0.5, 0.6) is 0 Å². The second kappa shape index (κ2) is 7.31. The SMILES string of the molecule is Cc1ncn(-c2ccc(NC(=O)CNC(=O)c3ccsc3)cc2)c1C. The molecule has 0 fully saturated rings. The number of nitrogens with one attached hydrogen (secondary N) is 2. The maximum absolute atomic E-state index is 12.0. The van der Waals surface area contributed by atoms with Crippen molar-refractivity contribution in [3.63, 3.8) is 0 Å². The predicted octanol–water partition coefficient (Wildman–Crippen LogP) is 2.92. The Hall–Kier alpha value is -2.93. The third-order valence-electron chi connectivity index (χ3n) is 3.87. The van der Waals surface area contributed by atoms with Gasteiger partial charge in [0.1, 0.15) is 0 Å². The molecule has 0 aliphatic rings. The van der Waals surface area contributed by atoms with Crippen LogP contribution in [-0.4, -0.2) is 27.9 Å². The van der Waals surface area contributed by atoms with Crippen LogP contribution in [0.2, 0.25) is 0 Å². The van der Waals surface area contributed by atoms with Gasteiger partial charge in [0.15, 0.2) is 0 Å². The van der Waals surface area contributed by atoms with E-state index in [2.05, 4.69) is 15.6 Å². The van der Waals surface area contributed by atoms with E-state index in [9.17, 15) is 9.59 Å². The average molecular weight is 354 g/mol. The highest BCUT2D eigenvalue weighted by atomic mass is 32.1. The molecule has 128 valence electrons. The largest absolute Gasteiger partial charge is 0.343 e. The van der Waals surface area contributed by atoms with Gasteiger partial charge < -0.3 is 15.2 Å². The van der Waals surface area contributed by atoms with Gasteiger partial charge in [-0.05, 0) is 49.6 Å². The van der Waals surface area contributed by atoms with Crippen LogP contribution in [-0.2, 0) is 4.79 Å². The number of anilines is 1. The lowest BCUT2D eigenvalue weighted by atomic mass is 10.2. The third kappa shape index (κ3) is 3.95. The highest BCUT2D eigenvalue weighted by Crippen LogP contribution is 2.16. The summed E-state index contributed by atoms with van der Waals surface area (Å²) < 4.78 is 1.99. The van der Waals surface area contributed by atoms with Crippen LogP contribution in [0.25, 0.3) is 5.69 Å². The predicted molar refractivity (Wildman–Crippen MR) is 98.3 cm³/mol. The summed E-state index contributed by atoms with van der Waals surface area (Å²) in [6.07, 6.45) is 1.78. The molecule has 0 saturated carbocycles. The van der Waals surface area contributed by atoms with Crippen molar-refractivity contribution in [2.45, 2.75) is 13.8 Å². The van der Waals surface area contributed by atoms with E-state index in [0.717, 1.165) is 17.1 Å². The van der Waals surface area contributed by atoms with Crippen molar-refractivity contribution in [2.75, 3.05) is 11.9 Å². The fraction of sp³-hybridized carbons (Fsp3) is 0.167. The number of imidazole rings is 1. The number of aryl methyl sites for hydroxylation is 1. The van der Waals surface area contributed by atoms with Gasteiger partial charge in [-0.3, -0.25) is 9.59 Å². The Morgan fingerprint density at radius 3 is 2.52 bits per heavy atom. The molecular formula is C18H18N4O2S. The Morgan fingerprint density at radius 2 is 1.92 bits per heavy atom. The third-order valence-corrected chi connectivity index (χ3v) is 4.56. The summed E-state index contributed by atoms with van der Waals surface area (Å²) in [5.41, 5.74) is 4.27. The molecule has 1 aromatic carbocycles. The molecule has 0 saturated heterocycles. The molecular weight excluding hydrogens is 336 g/mol. The molecule has 0 aliphatic carbocycles. The second-order valence-corrected chi connectivity index (χ2v) is 6.36. The number of aromatic nitrogens is 2. The first-order chi connectivity index (χ1) is 12.0. The molecule has 6 nitrogen and oxygen atoms in total. The van der Waals surface area contributed by atoms with Crippen molar-refractivity contribution in [1.29, 1.82) is 0 Å². The molecule has 0 unspecified atom stereocenters. The molecule has 2 N–H and O–H groups in total. The minimum absolute atomic E-state index is 0.0732. The molecule has 2 aromatic heterocycles. The summed E-state index contributed by atoms with van der Waals surface area (Å²) in [5, 5.41) is 8.92. The van der Waals surface area contributed by atoms with E-state index in [0.29, 0.717) is 11.3 Å². The van der Waals surface area contributed by atoms with Crippen LogP contribution in [0.15, 0.2) is 47.4 Å². The Balaban J connectivity index is 1.57. The monoisotopic (exact) mass is 354 g/mol. The Labute approximate surface area is 149 Å². The lowest BCUT2D eigenvalue weighted by Gasteiger charge is -2.09. The summed E-state index contributed by atoms with van der Waals surface area (Å²) in [6.45, 7) is 3.90. The minimum Gasteiger partial charge on any atom is -0.343 e. The number of nitrogens with zero attached hydrogens (tertiary/aromatic N) is 2. The highest BCUT2D eigenvalue weighted by Gasteiger charge is 2.09. The second-order valence-electron chi connectivity index (χ2n) is 5.58. The topological polar surface area (TPSA) is 76.0 Å². The number of hydrogen-bond acceptors (Lipinski definition) is 4. The van der Waals surface area contributed by atoms with Gasteiger partial charge in [0.25, 0.3) is 5.91 Å². The normalized spacial score (nSPS) is 10.5. The van der Waals surface area contributed by atoms with Gasteiger partial charge in [0.2, 0.25) is 5.91 Å². The maximum atomic E-state index is 12.0. The van der Waals surface area contributed by atoms with Gasteiger partial charge in [-0.1, -0.05) is 0 Å². The van der Waals surface area contributed by atoms with E-state index in [1.807, 2.05) is 48.1 Å². The van der Waals surface area contributed by atoms with Gasteiger partial charge in [0.05, 0.1) is 18.6 Å². The van der Waals surface area contributed by atoms with E-state index in [1.54, 1.807) is 17.8 Å². The van der Waals surface area contributed by atoms with Crippen molar-refractivity contribution in [3.05, 3.63) is 64.4 Å². The lowest BCUT2D eigenvalue weighted by Crippen LogP contribution is -2.32. The molecule has 0 bridgehead atoms. The van der Waals surface area contributed by atoms with Crippen LogP contribution >= 0.6 is 11.3 Å². The summed E-state index contributed by atoms with van der Waals surface area (Å²) in [4.78, 5) is 28.0. The van der Waals surface area contributed by atoms with Crippen molar-refractivity contribution in [2.24, 2.45) is 0 Å². The molecule has 0 aliphatic heterocycles. The maximum Gasteiger partial charge on any atom is 0.252 e. The number of carbonyl (C=O) groups excluding carboxylic acids is 2. The van der Waals surface area contributed by atoms with E-state index >= 15 is 0 Å². The first-order valence-corrected chi connectivity index (χ1v) is 8.70. The number of benzene rings is 1. The fourth-order valence-electron chi connectivity index (χ4n) is 2.33. The van der Waals surface area contributed by atoms with Gasteiger partial charge in [-0.25, -0.2) is 4.98 Å². The zero-order valence-electron chi connectivity index (χ0n) is 13.9. The van der Waals surface area contributed by atoms with Gasteiger partial charge in [-0.15, -0.1) is 0 Å². The minimum atomic E-state index is -0.272. The van der Waals surface area contributed by atoms with Crippen LogP contribution in [0, 0.1) is 13.8 Å². The summed E-state index contributed by atoms with van der Waals surface area (Å²) in [5.74, 6) is -0.524. The Kier molecular flexibility index (Phi) is 4.95. The van der Waals surface area contributed by atoms with Crippen LogP contribution < -0.4 is 10.6 Å². The lowest BCUT2D eigenvalue weighted by molar-refractivity contribution is -0.115. The fourth-order valence-corrected chi connectivity index (χ4v) is 2.96. The Bertz CT molecular complexity index is 882. The average Bonchev–Trinajstić information content (AvgIpc) is 3.25. The number of thiophene rings is 1. The number of carbonyl (C=O) groups is 2. The summed E-state index contributed by atoms with van der Waals surface area (Å²) in [6, 6.07) is 9.18. The van der Waals surface area contributed by atoms with Crippen LogP contribution in [0.4, 0.5) is 5.69 Å². The molecule has 0 atom stereocenters. The van der Waals surface area contributed by atoms with Crippen molar-refractivity contribution in [3.8, 4) is 5.69 Å². The molecule has 25 heavy (non-hydrogen) atoms. The van der Waals surface area contributed by atoms with Gasteiger partial charge in [0, 0.05) is 28.0 Å². The first-order valence-electron chi connectivity index (χ1n) is 7.76. The molecule has 7 heteroatoms. The molecule has 3 rings (SSSR count). The van der Waals surface area contributed by atoms with E-state index < -0.39 is 0 Å². The van der Waals surface area contributed by atoms with E-state index in [1.165, 1.54) is 11.3 Å². The van der Waals surface area contributed by atoms with Crippen molar-refractivity contribution >= 4 is 28.8 Å². The van der Waals surface area contributed by atoms with E-state index in [-0.39, 0.29) is 18.4 Å². The highest BCUT2D eigenvalue weighted by molar-refractivity contribution is 7.08. The molecule has 2 heterocycles. The van der Waals surface area contributed by atoms with Crippen LogP contribution in [0.3, 0.4) is 0 Å². The van der Waals surface area contributed by atoms with Gasteiger partial charge >= 0.3 is 0 Å². The zero-order chi connectivity index (χ0) is 17.8. The number of amides is 2. The standard InChI is InChI=1S/C18H18N4O2S/c1-12-13(2)22(11-20-12)16-5-3-15(4-6-16)21-17(23)9-19-18(24)14-7-8-25-10-14/h3-8,10-11H,9H2,1-2H3,(H,19,24)(H,21,23). The van der Waals surface area contributed by atoms with Crippen molar-refractivity contribution in [1.82, 2.24) is 14.9 Å². The molecule has 0 radical (unpaired) electrons. The number of hydrogen-bond donors (Lipinski definition) is 2. The summed E-state index contributed by atoms with van der Waals surface area (Å²) >= 11 is 1.44. The number of rotatable bonds is 5. The Morgan fingerprint density at radius 1 is 1.16 bits per heavy atom. The van der Waals surface area contributed by atoms with Crippen LogP contribution in [0.1, 0.15) is 21.7 Å². The zero-order valence-corrected chi connectivity index (χ0v) is 14.8. The van der Waals surface area contributed by atoms with Crippen molar-refractivity contribution < 1.29 is 9.59 Å².